The molecule has 0 unspecified atom stereocenters. The first kappa shape index (κ1) is 22.1. The van der Waals surface area contributed by atoms with E-state index in [1.807, 2.05) is 50.7 Å². The number of carbonyl (C=O) groups is 1. The van der Waals surface area contributed by atoms with Gasteiger partial charge in [0, 0.05) is 22.8 Å². The molecule has 0 radical (unpaired) electrons. The number of hydrogen-bond acceptors (Lipinski definition) is 5. The molecule has 0 saturated carbocycles. The summed E-state index contributed by atoms with van der Waals surface area (Å²) >= 11 is 1.53. The van der Waals surface area contributed by atoms with E-state index in [-0.39, 0.29) is 30.2 Å². The van der Waals surface area contributed by atoms with Gasteiger partial charge < -0.3 is 4.90 Å². The zero-order valence-electron chi connectivity index (χ0n) is 18.8. The van der Waals surface area contributed by atoms with Gasteiger partial charge in [-0.05, 0) is 57.0 Å². The number of amides is 1. The van der Waals surface area contributed by atoms with Crippen LogP contribution in [0.3, 0.4) is 0 Å². The third-order valence-corrected chi connectivity index (χ3v) is 6.09. The van der Waals surface area contributed by atoms with Crippen LogP contribution in [-0.4, -0.2) is 25.7 Å². The van der Waals surface area contributed by atoms with E-state index in [4.69, 9.17) is 4.98 Å². The van der Waals surface area contributed by atoms with Crippen molar-refractivity contribution in [3.05, 3.63) is 69.7 Å². The van der Waals surface area contributed by atoms with Gasteiger partial charge in [0.1, 0.15) is 5.82 Å². The number of halogens is 1. The summed E-state index contributed by atoms with van der Waals surface area (Å²) in [5.41, 5.74) is 3.44. The highest BCUT2D eigenvalue weighted by Gasteiger charge is 2.25. The molecule has 166 valence electrons. The molecule has 4 aromatic rings. The molecule has 0 bridgehead atoms. The number of nitrogens with zero attached hydrogens (tertiary/aromatic N) is 5. The Morgan fingerprint density at radius 2 is 1.88 bits per heavy atom. The normalized spacial score (nSPS) is 11.6. The Bertz CT molecular complexity index is 1260. The number of hydrogen-bond donors (Lipinski definition) is 0. The summed E-state index contributed by atoms with van der Waals surface area (Å²) in [5, 5.41) is 8.07. The summed E-state index contributed by atoms with van der Waals surface area (Å²) in [5.74, 6) is -0.404. The van der Waals surface area contributed by atoms with Gasteiger partial charge in [0.15, 0.2) is 5.65 Å². The Hall–Kier alpha value is -3.13. The van der Waals surface area contributed by atoms with Crippen molar-refractivity contribution in [2.45, 2.75) is 53.1 Å². The summed E-state index contributed by atoms with van der Waals surface area (Å²) < 4.78 is 15.4. The number of fused-ring (bicyclic) bond motifs is 1. The van der Waals surface area contributed by atoms with Crippen LogP contribution in [-0.2, 0) is 6.54 Å². The maximum absolute atomic E-state index is 14.0. The Labute approximate surface area is 190 Å². The van der Waals surface area contributed by atoms with Crippen molar-refractivity contribution in [3.8, 4) is 0 Å². The molecule has 1 aromatic carbocycles. The van der Waals surface area contributed by atoms with Crippen molar-refractivity contribution in [1.29, 1.82) is 0 Å². The number of rotatable bonds is 6. The van der Waals surface area contributed by atoms with Crippen molar-refractivity contribution >= 4 is 34.0 Å². The van der Waals surface area contributed by atoms with Crippen LogP contribution in [0, 0.1) is 12.7 Å². The standard InChI is InChI=1S/C24H26FN5OS/c1-14(2)22-10-20(21-11-26-30(15(3)4)23(21)28-22)24(31)29(12-18-13-32-16(5)27-18)19-8-6-17(25)7-9-19/h6-11,13-15H,12H2,1-5H3. The van der Waals surface area contributed by atoms with Gasteiger partial charge >= 0.3 is 0 Å². The van der Waals surface area contributed by atoms with Crippen molar-refractivity contribution in [2.24, 2.45) is 0 Å². The largest absolute Gasteiger partial charge is 0.302 e. The molecule has 8 heteroatoms. The summed E-state index contributed by atoms with van der Waals surface area (Å²) in [4.78, 5) is 24.9. The fourth-order valence-corrected chi connectivity index (χ4v) is 4.18. The number of carbonyl (C=O) groups excluding carboxylic acids is 1. The van der Waals surface area contributed by atoms with E-state index >= 15 is 0 Å². The van der Waals surface area contributed by atoms with Gasteiger partial charge in [0.2, 0.25) is 0 Å². The van der Waals surface area contributed by atoms with Crippen LogP contribution in [0.15, 0.2) is 41.9 Å². The molecule has 32 heavy (non-hydrogen) atoms. The minimum atomic E-state index is -0.350. The van der Waals surface area contributed by atoms with Gasteiger partial charge in [-0.3, -0.25) is 4.79 Å². The van der Waals surface area contributed by atoms with Crippen LogP contribution < -0.4 is 4.90 Å². The first-order chi connectivity index (χ1) is 15.2. The summed E-state index contributed by atoms with van der Waals surface area (Å²) in [6.07, 6.45) is 1.70. The van der Waals surface area contributed by atoms with E-state index < -0.39 is 0 Å². The van der Waals surface area contributed by atoms with Crippen LogP contribution in [0.4, 0.5) is 10.1 Å². The molecule has 6 nitrogen and oxygen atoms in total. The predicted octanol–water partition coefficient (Wildman–Crippen LogP) is 5.89. The average molecular weight is 452 g/mol. The molecule has 0 saturated heterocycles. The lowest BCUT2D eigenvalue weighted by Gasteiger charge is -2.23. The van der Waals surface area contributed by atoms with E-state index in [2.05, 4.69) is 10.1 Å². The van der Waals surface area contributed by atoms with E-state index in [0.717, 1.165) is 16.4 Å². The lowest BCUT2D eigenvalue weighted by molar-refractivity contribution is 0.0986. The fraction of sp³-hybridized carbons (Fsp3) is 0.333. The van der Waals surface area contributed by atoms with Crippen LogP contribution >= 0.6 is 11.3 Å². The highest BCUT2D eigenvalue weighted by Crippen LogP contribution is 2.28. The highest BCUT2D eigenvalue weighted by atomic mass is 32.1. The van der Waals surface area contributed by atoms with Crippen LogP contribution in [0.25, 0.3) is 11.0 Å². The van der Waals surface area contributed by atoms with Gasteiger partial charge in [-0.25, -0.2) is 19.0 Å². The number of aryl methyl sites for hydroxylation is 1. The number of anilines is 1. The number of thiazole rings is 1. The zero-order valence-corrected chi connectivity index (χ0v) is 19.7. The predicted molar refractivity (Wildman–Crippen MR) is 126 cm³/mol. The number of pyridine rings is 1. The topological polar surface area (TPSA) is 63.9 Å². The van der Waals surface area contributed by atoms with Crippen molar-refractivity contribution in [3.63, 3.8) is 0 Å². The smallest absolute Gasteiger partial charge is 0.259 e. The molecule has 4 rings (SSSR count). The molecule has 3 aromatic heterocycles. The van der Waals surface area contributed by atoms with Crippen LogP contribution in [0.5, 0.6) is 0 Å². The maximum atomic E-state index is 14.0. The molecular formula is C24H26FN5OS. The van der Waals surface area contributed by atoms with Gasteiger partial charge in [-0.2, -0.15) is 5.10 Å². The molecular weight excluding hydrogens is 425 g/mol. The van der Waals surface area contributed by atoms with Gasteiger partial charge in [-0.15, -0.1) is 11.3 Å². The lowest BCUT2D eigenvalue weighted by Crippen LogP contribution is -2.31. The molecule has 0 spiro atoms. The second-order valence-corrected chi connectivity index (χ2v) is 9.46. The van der Waals surface area contributed by atoms with E-state index in [1.54, 1.807) is 23.2 Å². The molecule has 0 aliphatic heterocycles. The van der Waals surface area contributed by atoms with Crippen molar-refractivity contribution in [2.75, 3.05) is 4.90 Å². The quantitative estimate of drug-likeness (QED) is 0.367. The van der Waals surface area contributed by atoms with Gasteiger partial charge in [-0.1, -0.05) is 13.8 Å². The summed E-state index contributed by atoms with van der Waals surface area (Å²) in [7, 11) is 0. The zero-order chi connectivity index (χ0) is 23.0. The summed E-state index contributed by atoms with van der Waals surface area (Å²) in [6, 6.07) is 7.92. The molecule has 0 atom stereocenters. The Kier molecular flexibility index (Phi) is 6.06. The summed E-state index contributed by atoms with van der Waals surface area (Å²) in [6.45, 7) is 10.4. The second kappa shape index (κ2) is 8.78. The molecule has 0 fully saturated rings. The van der Waals surface area contributed by atoms with Gasteiger partial charge in [0.25, 0.3) is 5.91 Å². The maximum Gasteiger partial charge on any atom is 0.259 e. The SMILES string of the molecule is Cc1nc(CN(C(=O)c2cc(C(C)C)nc3c2cnn3C(C)C)c2ccc(F)cc2)cs1. The van der Waals surface area contributed by atoms with E-state index in [0.29, 0.717) is 22.3 Å². The monoisotopic (exact) mass is 451 g/mol. The fourth-order valence-electron chi connectivity index (χ4n) is 3.58. The first-order valence-electron chi connectivity index (χ1n) is 10.6. The van der Waals surface area contributed by atoms with Crippen LogP contribution in [0.2, 0.25) is 0 Å². The molecule has 0 aliphatic carbocycles. The third kappa shape index (κ3) is 4.27. The van der Waals surface area contributed by atoms with Crippen molar-refractivity contribution < 1.29 is 9.18 Å². The van der Waals surface area contributed by atoms with Gasteiger partial charge in [0.05, 0.1) is 34.4 Å². The van der Waals surface area contributed by atoms with E-state index in [9.17, 15) is 9.18 Å². The Balaban J connectivity index is 1.86. The first-order valence-corrected chi connectivity index (χ1v) is 11.5. The average Bonchev–Trinajstić information content (AvgIpc) is 3.37. The molecule has 1 amide bonds. The number of benzene rings is 1. The molecule has 0 N–H and O–H groups in total. The van der Waals surface area contributed by atoms with Crippen LogP contribution in [0.1, 0.15) is 66.4 Å². The number of aromatic nitrogens is 4. The van der Waals surface area contributed by atoms with Crippen molar-refractivity contribution in [1.82, 2.24) is 19.7 Å². The van der Waals surface area contributed by atoms with E-state index in [1.165, 1.54) is 23.5 Å². The molecule has 0 aliphatic rings. The lowest BCUT2D eigenvalue weighted by atomic mass is 10.0. The third-order valence-electron chi connectivity index (χ3n) is 5.27. The molecule has 3 heterocycles. The minimum absolute atomic E-state index is 0.108. The Morgan fingerprint density at radius 3 is 2.47 bits per heavy atom. The second-order valence-electron chi connectivity index (χ2n) is 8.40. The highest BCUT2D eigenvalue weighted by molar-refractivity contribution is 7.09. The Morgan fingerprint density at radius 1 is 1.16 bits per heavy atom. The minimum Gasteiger partial charge on any atom is -0.302 e.